The molecule has 0 amide bonds. The molecule has 0 bridgehead atoms. The van der Waals surface area contributed by atoms with E-state index in [1.54, 1.807) is 36.4 Å². The maximum atomic E-state index is 13.7. The fourth-order valence-corrected chi connectivity index (χ4v) is 2.18. The fourth-order valence-electron chi connectivity index (χ4n) is 2.18. The van der Waals surface area contributed by atoms with Crippen LogP contribution in [0.25, 0.3) is 0 Å². The minimum atomic E-state index is -0.905. The summed E-state index contributed by atoms with van der Waals surface area (Å²) >= 11 is 0. The Hall–Kier alpha value is -2.07. The lowest BCUT2D eigenvalue weighted by Crippen LogP contribution is -2.07. The number of aliphatic hydroxyl groups is 1. The zero-order valence-corrected chi connectivity index (χ0v) is 11.5. The van der Waals surface area contributed by atoms with E-state index < -0.39 is 6.10 Å². The number of hydrogen-bond acceptors (Lipinski definition) is 3. The fraction of sp³-hybridized carbons (Fsp3) is 0.250. The number of benzene rings is 2. The number of aliphatic hydroxyl groups excluding tert-OH is 1. The largest absolute Gasteiger partial charge is 0.496 e. The van der Waals surface area contributed by atoms with E-state index in [9.17, 15) is 9.50 Å². The van der Waals surface area contributed by atoms with Crippen LogP contribution in [0.2, 0.25) is 0 Å². The van der Waals surface area contributed by atoms with Crippen LogP contribution >= 0.6 is 0 Å². The molecule has 0 saturated heterocycles. The molecule has 0 aromatic heterocycles. The van der Waals surface area contributed by atoms with Crippen molar-refractivity contribution in [1.82, 2.24) is 0 Å². The Bertz CT molecular complexity index is 561. The van der Waals surface area contributed by atoms with Crippen LogP contribution in [0.5, 0.6) is 11.5 Å². The van der Waals surface area contributed by atoms with Crippen LogP contribution in [-0.2, 0) is 6.42 Å². The molecule has 3 nitrogen and oxygen atoms in total. The molecule has 20 heavy (non-hydrogen) atoms. The van der Waals surface area contributed by atoms with Crippen LogP contribution < -0.4 is 9.47 Å². The number of halogens is 1. The first-order valence-corrected chi connectivity index (χ1v) is 6.29. The predicted molar refractivity (Wildman–Crippen MR) is 74.6 cm³/mol. The second-order valence-corrected chi connectivity index (χ2v) is 4.39. The van der Waals surface area contributed by atoms with Gasteiger partial charge in [0.25, 0.3) is 0 Å². The molecule has 2 aromatic rings. The van der Waals surface area contributed by atoms with E-state index in [1.807, 2.05) is 0 Å². The van der Waals surface area contributed by atoms with Gasteiger partial charge in [-0.3, -0.25) is 0 Å². The molecule has 0 aliphatic carbocycles. The monoisotopic (exact) mass is 276 g/mol. The molecule has 0 aliphatic rings. The van der Waals surface area contributed by atoms with Gasteiger partial charge in [-0.25, -0.2) is 4.39 Å². The molecular weight excluding hydrogens is 259 g/mol. The lowest BCUT2D eigenvalue weighted by Gasteiger charge is -2.18. The molecule has 1 N–H and O–H groups in total. The summed E-state index contributed by atoms with van der Waals surface area (Å²) in [5.74, 6) is 0.710. The minimum Gasteiger partial charge on any atom is -0.496 e. The van der Waals surface area contributed by atoms with Crippen molar-refractivity contribution < 1.29 is 19.0 Å². The molecule has 0 spiro atoms. The van der Waals surface area contributed by atoms with Crippen LogP contribution in [0.3, 0.4) is 0 Å². The maximum absolute atomic E-state index is 13.7. The van der Waals surface area contributed by atoms with E-state index in [4.69, 9.17) is 9.47 Å². The van der Waals surface area contributed by atoms with Gasteiger partial charge < -0.3 is 14.6 Å². The molecule has 1 atom stereocenters. The van der Waals surface area contributed by atoms with E-state index in [0.29, 0.717) is 22.6 Å². The van der Waals surface area contributed by atoms with E-state index in [0.717, 1.165) is 0 Å². The summed E-state index contributed by atoms with van der Waals surface area (Å²) in [5.41, 5.74) is 0.980. The Balaban J connectivity index is 2.34. The van der Waals surface area contributed by atoms with Crippen LogP contribution in [-0.4, -0.2) is 19.3 Å². The second-order valence-electron chi connectivity index (χ2n) is 4.39. The SMILES string of the molecule is COc1cccc(OC)c1C(O)Cc1ccccc1F. The first kappa shape index (κ1) is 14.3. The standard InChI is InChI=1S/C16H17FO3/c1-19-14-8-5-9-15(20-2)16(14)13(18)10-11-6-3-4-7-12(11)17/h3-9,13,18H,10H2,1-2H3. The van der Waals surface area contributed by atoms with Crippen molar-refractivity contribution in [3.63, 3.8) is 0 Å². The molecule has 0 aliphatic heterocycles. The first-order valence-electron chi connectivity index (χ1n) is 6.29. The van der Waals surface area contributed by atoms with Gasteiger partial charge in [0.15, 0.2) is 0 Å². The van der Waals surface area contributed by atoms with Crippen LogP contribution in [0.4, 0.5) is 4.39 Å². The highest BCUT2D eigenvalue weighted by molar-refractivity contribution is 5.46. The minimum absolute atomic E-state index is 0.156. The molecule has 2 rings (SSSR count). The number of ether oxygens (including phenoxy) is 2. The molecular formula is C16H17FO3. The molecule has 0 radical (unpaired) electrons. The summed E-state index contributed by atoms with van der Waals surface area (Å²) in [7, 11) is 3.04. The van der Waals surface area contributed by atoms with Gasteiger partial charge in [-0.05, 0) is 23.8 Å². The van der Waals surface area contributed by atoms with Gasteiger partial charge in [-0.15, -0.1) is 0 Å². The van der Waals surface area contributed by atoms with Gasteiger partial charge >= 0.3 is 0 Å². The van der Waals surface area contributed by atoms with Crippen LogP contribution in [0, 0.1) is 5.82 Å². The van der Waals surface area contributed by atoms with Crippen molar-refractivity contribution in [2.24, 2.45) is 0 Å². The topological polar surface area (TPSA) is 38.7 Å². The summed E-state index contributed by atoms with van der Waals surface area (Å²) in [4.78, 5) is 0. The third kappa shape index (κ3) is 2.91. The van der Waals surface area contributed by atoms with Crippen molar-refractivity contribution in [3.05, 3.63) is 59.4 Å². The van der Waals surface area contributed by atoms with Crippen LogP contribution in [0.15, 0.2) is 42.5 Å². The summed E-state index contributed by atoms with van der Waals surface area (Å²) < 4.78 is 24.1. The van der Waals surface area contributed by atoms with Gasteiger partial charge in [0.05, 0.1) is 25.9 Å². The van der Waals surface area contributed by atoms with Crippen molar-refractivity contribution in [3.8, 4) is 11.5 Å². The zero-order valence-electron chi connectivity index (χ0n) is 11.5. The average Bonchev–Trinajstić information content (AvgIpc) is 2.48. The van der Waals surface area contributed by atoms with Gasteiger partial charge in [-0.2, -0.15) is 0 Å². The molecule has 1 unspecified atom stereocenters. The van der Waals surface area contributed by atoms with Crippen molar-refractivity contribution in [2.75, 3.05) is 14.2 Å². The Morgan fingerprint density at radius 3 is 2.15 bits per heavy atom. The normalized spacial score (nSPS) is 12.0. The summed E-state index contributed by atoms with van der Waals surface area (Å²) in [6.45, 7) is 0. The molecule has 0 fully saturated rings. The quantitative estimate of drug-likeness (QED) is 0.912. The number of methoxy groups -OCH3 is 2. The summed E-state index contributed by atoms with van der Waals surface area (Å²) in [6, 6.07) is 11.6. The predicted octanol–water partition coefficient (Wildman–Crippen LogP) is 3.12. The molecule has 0 saturated carbocycles. The van der Waals surface area contributed by atoms with E-state index >= 15 is 0 Å². The Kier molecular flexibility index (Phi) is 4.58. The van der Waals surface area contributed by atoms with Gasteiger partial charge in [0.1, 0.15) is 17.3 Å². The van der Waals surface area contributed by atoms with E-state index in [2.05, 4.69) is 0 Å². The third-order valence-corrected chi connectivity index (χ3v) is 3.17. The number of hydrogen-bond donors (Lipinski definition) is 1. The molecule has 106 valence electrons. The van der Waals surface area contributed by atoms with E-state index in [-0.39, 0.29) is 12.2 Å². The Labute approximate surface area is 117 Å². The van der Waals surface area contributed by atoms with Gasteiger partial charge in [-0.1, -0.05) is 24.3 Å². The lowest BCUT2D eigenvalue weighted by molar-refractivity contribution is 0.168. The van der Waals surface area contributed by atoms with Crippen LogP contribution in [0.1, 0.15) is 17.2 Å². The highest BCUT2D eigenvalue weighted by atomic mass is 19.1. The summed E-state index contributed by atoms with van der Waals surface area (Å²) in [6.07, 6.45) is -0.748. The average molecular weight is 276 g/mol. The molecule has 2 aromatic carbocycles. The Morgan fingerprint density at radius 2 is 1.60 bits per heavy atom. The van der Waals surface area contributed by atoms with Crippen molar-refractivity contribution in [1.29, 1.82) is 0 Å². The Morgan fingerprint density at radius 1 is 1.00 bits per heavy atom. The number of rotatable bonds is 5. The smallest absolute Gasteiger partial charge is 0.128 e. The zero-order chi connectivity index (χ0) is 14.5. The highest BCUT2D eigenvalue weighted by Gasteiger charge is 2.20. The lowest BCUT2D eigenvalue weighted by atomic mass is 9.99. The molecule has 0 heterocycles. The van der Waals surface area contributed by atoms with Crippen molar-refractivity contribution in [2.45, 2.75) is 12.5 Å². The maximum Gasteiger partial charge on any atom is 0.128 e. The second kappa shape index (κ2) is 6.39. The van der Waals surface area contributed by atoms with E-state index in [1.165, 1.54) is 20.3 Å². The van der Waals surface area contributed by atoms with Gasteiger partial charge in [0, 0.05) is 6.42 Å². The highest BCUT2D eigenvalue weighted by Crippen LogP contribution is 2.35. The third-order valence-electron chi connectivity index (χ3n) is 3.17. The first-order chi connectivity index (χ1) is 9.67. The van der Waals surface area contributed by atoms with Gasteiger partial charge in [0.2, 0.25) is 0 Å². The van der Waals surface area contributed by atoms with Crippen molar-refractivity contribution >= 4 is 0 Å². The summed E-state index contributed by atoms with van der Waals surface area (Å²) in [5, 5.41) is 10.4. The molecule has 4 heteroatoms.